The molecule has 0 amide bonds. The van der Waals surface area contributed by atoms with Crippen LogP contribution in [0.2, 0.25) is 0 Å². The number of hydrogen-bond acceptors (Lipinski definition) is 8. The van der Waals surface area contributed by atoms with Crippen molar-refractivity contribution < 1.29 is 12.8 Å². The van der Waals surface area contributed by atoms with Crippen LogP contribution in [-0.4, -0.2) is 46.0 Å². The summed E-state index contributed by atoms with van der Waals surface area (Å²) in [5.41, 5.74) is 3.36. The van der Waals surface area contributed by atoms with Crippen LogP contribution < -0.4 is 10.0 Å². The summed E-state index contributed by atoms with van der Waals surface area (Å²) in [6.07, 6.45) is 4.70. The monoisotopic (exact) mass is 453 g/mol. The van der Waals surface area contributed by atoms with Crippen LogP contribution in [0.25, 0.3) is 17.1 Å². The molecule has 4 aromatic rings. The van der Waals surface area contributed by atoms with Crippen molar-refractivity contribution in [2.45, 2.75) is 25.7 Å². The topological polar surface area (TPSA) is 128 Å². The van der Waals surface area contributed by atoms with Crippen molar-refractivity contribution in [2.24, 2.45) is 0 Å². The van der Waals surface area contributed by atoms with Crippen LogP contribution in [0, 0.1) is 20.8 Å². The first kappa shape index (κ1) is 21.7. The van der Waals surface area contributed by atoms with Gasteiger partial charge in [-0.15, -0.1) is 0 Å². The SMILES string of the molecule is Cc1nc(-c2ccc(S(=O)(=O)NCCNc3cc(-n4cnc(C)c4C)ncn3)cc2)co1. The molecule has 0 saturated carbocycles. The van der Waals surface area contributed by atoms with E-state index in [2.05, 4.69) is 30.0 Å². The van der Waals surface area contributed by atoms with Gasteiger partial charge in [-0.25, -0.2) is 33.1 Å². The van der Waals surface area contributed by atoms with Gasteiger partial charge in [-0.1, -0.05) is 12.1 Å². The zero-order valence-corrected chi connectivity index (χ0v) is 18.7. The summed E-state index contributed by atoms with van der Waals surface area (Å²) in [5, 5.41) is 3.11. The lowest BCUT2D eigenvalue weighted by Gasteiger charge is -2.10. The van der Waals surface area contributed by atoms with Gasteiger partial charge in [-0.2, -0.15) is 0 Å². The van der Waals surface area contributed by atoms with E-state index in [-0.39, 0.29) is 11.4 Å². The maximum absolute atomic E-state index is 12.6. The van der Waals surface area contributed by atoms with Crippen molar-refractivity contribution in [2.75, 3.05) is 18.4 Å². The lowest BCUT2D eigenvalue weighted by Crippen LogP contribution is -2.29. The van der Waals surface area contributed by atoms with Gasteiger partial charge >= 0.3 is 0 Å². The minimum absolute atomic E-state index is 0.178. The Kier molecular flexibility index (Phi) is 6.01. The van der Waals surface area contributed by atoms with E-state index >= 15 is 0 Å². The van der Waals surface area contributed by atoms with Gasteiger partial charge < -0.3 is 9.73 Å². The molecular formula is C21H23N7O3S. The molecule has 32 heavy (non-hydrogen) atoms. The number of oxazole rings is 1. The van der Waals surface area contributed by atoms with Crippen LogP contribution in [0.4, 0.5) is 5.82 Å². The summed E-state index contributed by atoms with van der Waals surface area (Å²) in [5.74, 6) is 1.83. The Bertz CT molecular complexity index is 1330. The van der Waals surface area contributed by atoms with Gasteiger partial charge in [0.1, 0.15) is 36.2 Å². The van der Waals surface area contributed by atoms with E-state index in [1.807, 2.05) is 18.4 Å². The summed E-state index contributed by atoms with van der Waals surface area (Å²) < 4.78 is 34.8. The summed E-state index contributed by atoms with van der Waals surface area (Å²) in [6.45, 7) is 6.19. The van der Waals surface area contributed by atoms with E-state index < -0.39 is 10.0 Å². The zero-order chi connectivity index (χ0) is 22.7. The highest BCUT2D eigenvalue weighted by Gasteiger charge is 2.14. The smallest absolute Gasteiger partial charge is 0.240 e. The molecule has 4 rings (SSSR count). The van der Waals surface area contributed by atoms with Crippen LogP contribution >= 0.6 is 0 Å². The Morgan fingerprint density at radius 1 is 1.03 bits per heavy atom. The van der Waals surface area contributed by atoms with Crippen LogP contribution in [0.15, 0.2) is 58.6 Å². The summed E-state index contributed by atoms with van der Waals surface area (Å²) in [6, 6.07) is 8.27. The van der Waals surface area contributed by atoms with Crippen LogP contribution in [0.5, 0.6) is 0 Å². The molecule has 11 heteroatoms. The average Bonchev–Trinajstić information content (AvgIpc) is 3.37. The number of sulfonamides is 1. The number of imidazole rings is 1. The van der Waals surface area contributed by atoms with Gasteiger partial charge in [0.25, 0.3) is 0 Å². The molecular weight excluding hydrogens is 430 g/mol. The molecule has 3 aromatic heterocycles. The second-order valence-electron chi connectivity index (χ2n) is 7.15. The van der Waals surface area contributed by atoms with Gasteiger partial charge in [0.05, 0.1) is 10.6 Å². The maximum Gasteiger partial charge on any atom is 0.240 e. The lowest BCUT2D eigenvalue weighted by molar-refractivity contribution is 0.521. The molecule has 0 radical (unpaired) electrons. The predicted octanol–water partition coefficient (Wildman–Crippen LogP) is 2.63. The highest BCUT2D eigenvalue weighted by atomic mass is 32.2. The van der Waals surface area contributed by atoms with E-state index in [0.717, 1.165) is 17.0 Å². The molecule has 0 spiro atoms. The van der Waals surface area contributed by atoms with Crippen LogP contribution in [0.1, 0.15) is 17.3 Å². The minimum atomic E-state index is -3.64. The van der Waals surface area contributed by atoms with Gasteiger partial charge in [-0.3, -0.25) is 4.57 Å². The fraction of sp³-hybridized carbons (Fsp3) is 0.238. The van der Waals surface area contributed by atoms with Gasteiger partial charge in [0.2, 0.25) is 10.0 Å². The molecule has 166 valence electrons. The molecule has 0 unspecified atom stereocenters. The predicted molar refractivity (Wildman–Crippen MR) is 119 cm³/mol. The number of hydrogen-bond donors (Lipinski definition) is 2. The molecule has 10 nitrogen and oxygen atoms in total. The van der Waals surface area contributed by atoms with Crippen molar-refractivity contribution in [3.63, 3.8) is 0 Å². The quantitative estimate of drug-likeness (QED) is 0.390. The fourth-order valence-corrected chi connectivity index (χ4v) is 4.10. The Labute approximate surface area is 185 Å². The first-order chi connectivity index (χ1) is 15.3. The minimum Gasteiger partial charge on any atom is -0.449 e. The molecule has 0 bridgehead atoms. The molecule has 1 aromatic carbocycles. The lowest BCUT2D eigenvalue weighted by atomic mass is 10.2. The van der Waals surface area contributed by atoms with Crippen LogP contribution in [-0.2, 0) is 10.0 Å². The Balaban J connectivity index is 1.34. The summed E-state index contributed by atoms with van der Waals surface area (Å²) >= 11 is 0. The molecule has 3 heterocycles. The van der Waals surface area contributed by atoms with Crippen molar-refractivity contribution in [3.05, 3.63) is 66.5 Å². The number of benzene rings is 1. The number of aromatic nitrogens is 5. The third-order valence-corrected chi connectivity index (χ3v) is 6.43. The molecule has 0 atom stereocenters. The normalized spacial score (nSPS) is 11.6. The number of rotatable bonds is 8. The summed E-state index contributed by atoms with van der Waals surface area (Å²) in [7, 11) is -3.64. The number of anilines is 1. The Hall–Kier alpha value is -3.57. The highest BCUT2D eigenvalue weighted by Crippen LogP contribution is 2.20. The van der Waals surface area contributed by atoms with Crippen molar-refractivity contribution in [1.82, 2.24) is 29.2 Å². The first-order valence-corrected chi connectivity index (χ1v) is 11.4. The van der Waals surface area contributed by atoms with E-state index in [0.29, 0.717) is 29.8 Å². The molecule has 0 saturated heterocycles. The molecule has 0 fully saturated rings. The van der Waals surface area contributed by atoms with Gasteiger partial charge in [0, 0.05) is 37.3 Å². The van der Waals surface area contributed by atoms with Gasteiger partial charge in [0.15, 0.2) is 5.89 Å². The average molecular weight is 454 g/mol. The largest absolute Gasteiger partial charge is 0.449 e. The second-order valence-corrected chi connectivity index (χ2v) is 8.91. The fourth-order valence-electron chi connectivity index (χ4n) is 3.07. The van der Waals surface area contributed by atoms with Crippen molar-refractivity contribution in [1.29, 1.82) is 0 Å². The number of nitrogens with one attached hydrogen (secondary N) is 2. The first-order valence-electron chi connectivity index (χ1n) is 9.92. The molecule has 0 aliphatic carbocycles. The third kappa shape index (κ3) is 4.68. The van der Waals surface area contributed by atoms with E-state index in [4.69, 9.17) is 4.42 Å². The second kappa shape index (κ2) is 8.89. The third-order valence-electron chi connectivity index (χ3n) is 4.95. The van der Waals surface area contributed by atoms with E-state index in [9.17, 15) is 8.42 Å². The molecule has 0 aliphatic heterocycles. The molecule has 2 N–H and O–H groups in total. The standard InChI is InChI=1S/C21H23N7O3S/c1-14-15(2)28(13-25-14)21-10-20(23-12-24-21)22-8-9-26-32(29,30)18-6-4-17(5-7-18)19-11-31-16(3)27-19/h4-7,10-13,26H,8-9H2,1-3H3,(H,22,23,24). The highest BCUT2D eigenvalue weighted by molar-refractivity contribution is 7.89. The van der Waals surface area contributed by atoms with Crippen molar-refractivity contribution in [3.8, 4) is 17.1 Å². The Morgan fingerprint density at radius 3 is 2.47 bits per heavy atom. The Morgan fingerprint density at radius 2 is 1.81 bits per heavy atom. The van der Waals surface area contributed by atoms with E-state index in [1.165, 1.54) is 12.6 Å². The molecule has 0 aliphatic rings. The summed E-state index contributed by atoms with van der Waals surface area (Å²) in [4.78, 5) is 17.1. The maximum atomic E-state index is 12.6. The van der Waals surface area contributed by atoms with Crippen LogP contribution in [0.3, 0.4) is 0 Å². The zero-order valence-electron chi connectivity index (χ0n) is 17.9. The van der Waals surface area contributed by atoms with Crippen molar-refractivity contribution >= 4 is 15.8 Å². The number of aryl methyl sites for hydroxylation is 2. The van der Waals surface area contributed by atoms with Gasteiger partial charge in [-0.05, 0) is 26.0 Å². The number of nitrogens with zero attached hydrogens (tertiary/aromatic N) is 5. The van der Waals surface area contributed by atoms with E-state index in [1.54, 1.807) is 43.6 Å².